The van der Waals surface area contributed by atoms with Gasteiger partial charge in [-0.2, -0.15) is 0 Å². The molecule has 10 heavy (non-hydrogen) atoms. The van der Waals surface area contributed by atoms with Crippen molar-refractivity contribution in [2.24, 2.45) is 5.73 Å². The van der Waals surface area contributed by atoms with Gasteiger partial charge in [0, 0.05) is 12.3 Å². The lowest BCUT2D eigenvalue weighted by Crippen LogP contribution is -2.16. The molecule has 0 radical (unpaired) electrons. The summed E-state index contributed by atoms with van der Waals surface area (Å²) >= 11 is 0. The molecule has 1 rings (SSSR count). The van der Waals surface area contributed by atoms with E-state index in [2.05, 4.69) is 9.72 Å². The first-order valence-corrected chi connectivity index (χ1v) is 2.67. The van der Waals surface area contributed by atoms with Crippen LogP contribution in [0.3, 0.4) is 0 Å². The third-order valence-electron chi connectivity index (χ3n) is 0.843. The molecule has 52 valence electrons. The van der Waals surface area contributed by atoms with Crippen LogP contribution in [-0.2, 0) is 0 Å². The number of aromatic nitrogens is 1. The molecule has 0 saturated heterocycles. The minimum atomic E-state index is -0.848. The summed E-state index contributed by atoms with van der Waals surface area (Å²) in [5, 5.41) is 0. The predicted molar refractivity (Wildman–Crippen MR) is 34.4 cm³/mol. The van der Waals surface area contributed by atoms with Crippen molar-refractivity contribution in [2.75, 3.05) is 0 Å². The largest absolute Gasteiger partial charge is 0.411 e. The second-order valence-corrected chi connectivity index (χ2v) is 1.59. The summed E-state index contributed by atoms with van der Waals surface area (Å²) in [6, 6.07) is 4.96. The van der Waals surface area contributed by atoms with E-state index in [-0.39, 0.29) is 5.88 Å². The molecular weight excluding hydrogens is 132 g/mol. The Morgan fingerprint density at radius 3 is 2.90 bits per heavy atom. The molecule has 0 aromatic carbocycles. The van der Waals surface area contributed by atoms with Gasteiger partial charge in [-0.05, 0) is 6.07 Å². The number of ether oxygens (including phenoxy) is 1. The van der Waals surface area contributed by atoms with Crippen LogP contribution in [0.5, 0.6) is 5.88 Å². The van der Waals surface area contributed by atoms with E-state index in [0.29, 0.717) is 0 Å². The summed E-state index contributed by atoms with van der Waals surface area (Å²) in [5.41, 5.74) is 4.72. The van der Waals surface area contributed by atoms with Crippen molar-refractivity contribution in [3.8, 4) is 5.88 Å². The highest BCUT2D eigenvalue weighted by molar-refractivity contribution is 5.67. The fraction of sp³-hybridized carbons (Fsp3) is 0. The fourth-order valence-electron chi connectivity index (χ4n) is 0.511. The van der Waals surface area contributed by atoms with E-state index in [9.17, 15) is 4.79 Å². The zero-order chi connectivity index (χ0) is 7.40. The third kappa shape index (κ3) is 1.74. The fourth-order valence-corrected chi connectivity index (χ4v) is 0.511. The lowest BCUT2D eigenvalue weighted by atomic mass is 10.5. The van der Waals surface area contributed by atoms with Crippen molar-refractivity contribution in [3.05, 3.63) is 24.4 Å². The van der Waals surface area contributed by atoms with E-state index >= 15 is 0 Å². The molecule has 0 fully saturated rings. The van der Waals surface area contributed by atoms with Gasteiger partial charge in [-0.3, -0.25) is 0 Å². The normalized spacial score (nSPS) is 8.80. The maximum atomic E-state index is 10.1. The van der Waals surface area contributed by atoms with Gasteiger partial charge in [-0.25, -0.2) is 9.78 Å². The van der Waals surface area contributed by atoms with Crippen molar-refractivity contribution in [2.45, 2.75) is 0 Å². The number of amides is 1. The molecule has 4 heteroatoms. The van der Waals surface area contributed by atoms with Crippen LogP contribution in [0, 0.1) is 0 Å². The van der Waals surface area contributed by atoms with Crippen LogP contribution in [0.15, 0.2) is 24.4 Å². The molecule has 1 aromatic heterocycles. The number of carbonyl (C=O) groups is 1. The lowest BCUT2D eigenvalue weighted by Gasteiger charge is -1.95. The number of primary amides is 1. The van der Waals surface area contributed by atoms with Gasteiger partial charge in [-0.15, -0.1) is 0 Å². The molecule has 1 aromatic rings. The van der Waals surface area contributed by atoms with Gasteiger partial charge >= 0.3 is 6.09 Å². The van der Waals surface area contributed by atoms with Gasteiger partial charge in [0.15, 0.2) is 0 Å². The standard InChI is InChI=1S/C6H6N2O2/c7-6(9)10-5-3-1-2-4-8-5/h1-4H,(H2,7,9). The predicted octanol–water partition coefficient (Wildman–Crippen LogP) is 0.539. The number of hydrogen-bond acceptors (Lipinski definition) is 3. The minimum Gasteiger partial charge on any atom is -0.391 e. The number of rotatable bonds is 1. The van der Waals surface area contributed by atoms with Gasteiger partial charge in [0.1, 0.15) is 0 Å². The molecule has 1 heterocycles. The molecule has 0 bridgehead atoms. The lowest BCUT2D eigenvalue weighted by molar-refractivity contribution is 0.209. The van der Waals surface area contributed by atoms with Crippen molar-refractivity contribution in [1.29, 1.82) is 0 Å². The van der Waals surface area contributed by atoms with E-state index in [1.807, 2.05) is 0 Å². The van der Waals surface area contributed by atoms with Gasteiger partial charge in [0.25, 0.3) is 0 Å². The van der Waals surface area contributed by atoms with Crippen molar-refractivity contribution in [3.63, 3.8) is 0 Å². The summed E-state index contributed by atoms with van der Waals surface area (Å²) in [4.78, 5) is 13.8. The van der Waals surface area contributed by atoms with Crippen LogP contribution in [-0.4, -0.2) is 11.1 Å². The molecule has 0 aliphatic heterocycles. The number of carbonyl (C=O) groups excluding carboxylic acids is 1. The molecule has 0 spiro atoms. The molecule has 0 unspecified atom stereocenters. The number of pyridine rings is 1. The van der Waals surface area contributed by atoms with E-state index in [0.717, 1.165) is 0 Å². The molecule has 0 aliphatic carbocycles. The van der Waals surface area contributed by atoms with Gasteiger partial charge in [0.05, 0.1) is 0 Å². The van der Waals surface area contributed by atoms with Crippen LogP contribution in [0.1, 0.15) is 0 Å². The zero-order valence-electron chi connectivity index (χ0n) is 5.15. The Morgan fingerprint density at radius 1 is 1.60 bits per heavy atom. The van der Waals surface area contributed by atoms with Crippen LogP contribution >= 0.6 is 0 Å². The van der Waals surface area contributed by atoms with Gasteiger partial charge in [0.2, 0.25) is 5.88 Å². The minimum absolute atomic E-state index is 0.218. The smallest absolute Gasteiger partial charge is 0.391 e. The molecule has 4 nitrogen and oxygen atoms in total. The number of nitrogens with zero attached hydrogens (tertiary/aromatic N) is 1. The average molecular weight is 138 g/mol. The first-order chi connectivity index (χ1) is 4.79. The van der Waals surface area contributed by atoms with Crippen LogP contribution in [0.25, 0.3) is 0 Å². The molecule has 0 saturated carbocycles. The summed E-state index contributed by atoms with van der Waals surface area (Å²) in [6.45, 7) is 0. The topological polar surface area (TPSA) is 65.2 Å². The Bertz CT molecular complexity index is 222. The van der Waals surface area contributed by atoms with Crippen LogP contribution in [0.4, 0.5) is 4.79 Å². The van der Waals surface area contributed by atoms with Crippen molar-refractivity contribution < 1.29 is 9.53 Å². The molecule has 0 atom stereocenters. The van der Waals surface area contributed by atoms with Crippen LogP contribution in [0.2, 0.25) is 0 Å². The summed E-state index contributed by atoms with van der Waals surface area (Å²) in [7, 11) is 0. The Labute approximate surface area is 57.6 Å². The molecule has 0 aliphatic rings. The highest BCUT2D eigenvalue weighted by Crippen LogP contribution is 2.01. The number of nitrogens with two attached hydrogens (primary N) is 1. The molecule has 2 N–H and O–H groups in total. The average Bonchev–Trinajstić information content (AvgIpc) is 1.88. The Balaban J connectivity index is 2.67. The van der Waals surface area contributed by atoms with Gasteiger partial charge < -0.3 is 10.5 Å². The Hall–Kier alpha value is -1.58. The van der Waals surface area contributed by atoms with Gasteiger partial charge in [-0.1, -0.05) is 6.07 Å². The first-order valence-electron chi connectivity index (χ1n) is 2.67. The van der Waals surface area contributed by atoms with Crippen molar-refractivity contribution >= 4 is 6.09 Å². The Morgan fingerprint density at radius 2 is 2.40 bits per heavy atom. The van der Waals surface area contributed by atoms with E-state index in [1.165, 1.54) is 6.20 Å². The maximum absolute atomic E-state index is 10.1. The zero-order valence-corrected chi connectivity index (χ0v) is 5.15. The summed E-state index contributed by atoms with van der Waals surface area (Å²) < 4.78 is 4.44. The second kappa shape index (κ2) is 2.82. The van der Waals surface area contributed by atoms with Crippen LogP contribution < -0.4 is 10.5 Å². The molecule has 1 amide bonds. The maximum Gasteiger partial charge on any atom is 0.411 e. The van der Waals surface area contributed by atoms with Crippen molar-refractivity contribution in [1.82, 2.24) is 4.98 Å². The third-order valence-corrected chi connectivity index (χ3v) is 0.843. The Kier molecular flexibility index (Phi) is 1.84. The highest BCUT2D eigenvalue weighted by atomic mass is 16.6. The second-order valence-electron chi connectivity index (χ2n) is 1.59. The number of hydrogen-bond donors (Lipinski definition) is 1. The SMILES string of the molecule is NC(=O)Oc1ccccn1. The van der Waals surface area contributed by atoms with E-state index in [4.69, 9.17) is 5.73 Å². The van der Waals surface area contributed by atoms with E-state index < -0.39 is 6.09 Å². The first kappa shape index (κ1) is 6.54. The quantitative estimate of drug-likeness (QED) is 0.615. The summed E-state index contributed by atoms with van der Waals surface area (Å²) in [5.74, 6) is 0.218. The summed E-state index contributed by atoms with van der Waals surface area (Å²) in [6.07, 6.45) is 0.664. The monoisotopic (exact) mass is 138 g/mol. The molecular formula is C6H6N2O2. The highest BCUT2D eigenvalue weighted by Gasteiger charge is 1.95. The van der Waals surface area contributed by atoms with E-state index in [1.54, 1.807) is 18.2 Å².